The Morgan fingerprint density at radius 2 is 2.24 bits per heavy atom. The lowest BCUT2D eigenvalue weighted by Gasteiger charge is -2.25. The molecule has 3 nitrogen and oxygen atoms in total. The molecule has 1 saturated heterocycles. The number of ether oxygens (including phenoxy) is 1. The second-order valence-corrected chi connectivity index (χ2v) is 6.04. The Bertz CT molecular complexity index is 385. The van der Waals surface area contributed by atoms with E-state index in [2.05, 4.69) is 36.3 Å². The zero-order valence-corrected chi connectivity index (χ0v) is 13.6. The molecule has 0 spiro atoms. The van der Waals surface area contributed by atoms with E-state index in [0.29, 0.717) is 12.1 Å². The first kappa shape index (κ1) is 16.4. The number of hydrogen-bond donors (Lipinski definition) is 1. The van der Waals surface area contributed by atoms with Gasteiger partial charge in [0.05, 0.1) is 6.10 Å². The number of aromatic nitrogens is 1. The molecule has 2 rings (SSSR count). The number of aryl methyl sites for hydroxylation is 1. The quantitative estimate of drug-likeness (QED) is 0.795. The summed E-state index contributed by atoms with van der Waals surface area (Å²) in [6, 6.07) is 4.90. The highest BCUT2D eigenvalue weighted by atomic mass is 16.5. The molecule has 21 heavy (non-hydrogen) atoms. The first-order valence-electron chi connectivity index (χ1n) is 8.60. The highest BCUT2D eigenvalue weighted by molar-refractivity contribution is 5.14. The number of pyridine rings is 1. The molecule has 0 bridgehead atoms. The van der Waals surface area contributed by atoms with E-state index in [4.69, 9.17) is 4.74 Å². The molecule has 1 aliphatic rings. The molecule has 2 atom stereocenters. The van der Waals surface area contributed by atoms with Gasteiger partial charge in [0.2, 0.25) is 0 Å². The molecule has 0 amide bonds. The van der Waals surface area contributed by atoms with Gasteiger partial charge in [-0.2, -0.15) is 0 Å². The van der Waals surface area contributed by atoms with Crippen molar-refractivity contribution in [2.45, 2.75) is 70.9 Å². The Kier molecular flexibility index (Phi) is 7.17. The summed E-state index contributed by atoms with van der Waals surface area (Å²) < 4.78 is 5.84. The lowest BCUT2D eigenvalue weighted by molar-refractivity contribution is 0.00859. The van der Waals surface area contributed by atoms with Gasteiger partial charge in [0.1, 0.15) is 0 Å². The standard InChI is InChI=1S/C18H30N2O/c1-3-15-8-9-17(20-14-15)13-16(19-4-2)10-11-18-7-5-6-12-21-18/h8-9,14,16,18-19H,3-7,10-13H2,1-2H3. The second kappa shape index (κ2) is 9.16. The Balaban J connectivity index is 1.82. The van der Waals surface area contributed by atoms with Crippen LogP contribution in [0.25, 0.3) is 0 Å². The van der Waals surface area contributed by atoms with Crippen LogP contribution in [0.3, 0.4) is 0 Å². The summed E-state index contributed by atoms with van der Waals surface area (Å²) >= 11 is 0. The number of likely N-dealkylation sites (N-methyl/N-ethyl adjacent to an activating group) is 1. The van der Waals surface area contributed by atoms with E-state index >= 15 is 0 Å². The highest BCUT2D eigenvalue weighted by Gasteiger charge is 2.17. The molecule has 1 fully saturated rings. The average Bonchev–Trinajstić information content (AvgIpc) is 2.54. The van der Waals surface area contributed by atoms with Crippen LogP contribution in [-0.4, -0.2) is 30.3 Å². The first-order chi connectivity index (χ1) is 10.3. The molecule has 3 heteroatoms. The van der Waals surface area contributed by atoms with Crippen LogP contribution in [0, 0.1) is 0 Å². The maximum Gasteiger partial charge on any atom is 0.0575 e. The second-order valence-electron chi connectivity index (χ2n) is 6.04. The molecular formula is C18H30N2O. The van der Waals surface area contributed by atoms with E-state index in [1.165, 1.54) is 43.4 Å². The van der Waals surface area contributed by atoms with E-state index in [-0.39, 0.29) is 0 Å². The van der Waals surface area contributed by atoms with Gasteiger partial charge in [-0.05, 0) is 56.7 Å². The maximum absolute atomic E-state index is 5.84. The molecule has 2 unspecified atom stereocenters. The molecule has 1 N–H and O–H groups in total. The Hall–Kier alpha value is -0.930. The van der Waals surface area contributed by atoms with Crippen molar-refractivity contribution in [1.29, 1.82) is 0 Å². The van der Waals surface area contributed by atoms with Crippen LogP contribution >= 0.6 is 0 Å². The first-order valence-corrected chi connectivity index (χ1v) is 8.60. The van der Waals surface area contributed by atoms with Crippen LogP contribution < -0.4 is 5.32 Å². The maximum atomic E-state index is 5.84. The minimum atomic E-state index is 0.482. The van der Waals surface area contributed by atoms with Gasteiger partial charge >= 0.3 is 0 Å². The zero-order chi connectivity index (χ0) is 14.9. The molecule has 1 aromatic rings. The summed E-state index contributed by atoms with van der Waals surface area (Å²) in [6.07, 6.45) is 10.7. The Morgan fingerprint density at radius 1 is 1.33 bits per heavy atom. The average molecular weight is 290 g/mol. The number of nitrogens with zero attached hydrogens (tertiary/aromatic N) is 1. The molecule has 0 radical (unpaired) electrons. The van der Waals surface area contributed by atoms with E-state index in [0.717, 1.165) is 26.0 Å². The van der Waals surface area contributed by atoms with Crippen LogP contribution in [-0.2, 0) is 17.6 Å². The topological polar surface area (TPSA) is 34.1 Å². The summed E-state index contributed by atoms with van der Waals surface area (Å²) in [6.45, 7) is 6.32. The fourth-order valence-electron chi connectivity index (χ4n) is 3.02. The van der Waals surface area contributed by atoms with E-state index in [9.17, 15) is 0 Å². The predicted molar refractivity (Wildman–Crippen MR) is 87.6 cm³/mol. The van der Waals surface area contributed by atoms with E-state index in [1.54, 1.807) is 0 Å². The highest BCUT2D eigenvalue weighted by Crippen LogP contribution is 2.18. The summed E-state index contributed by atoms with van der Waals surface area (Å²) in [5.41, 5.74) is 2.51. The summed E-state index contributed by atoms with van der Waals surface area (Å²) in [5.74, 6) is 0. The lowest BCUT2D eigenvalue weighted by Crippen LogP contribution is -2.33. The molecule has 1 aromatic heterocycles. The summed E-state index contributed by atoms with van der Waals surface area (Å²) in [5, 5.41) is 3.60. The van der Waals surface area contributed by atoms with Crippen LogP contribution in [0.5, 0.6) is 0 Å². The van der Waals surface area contributed by atoms with Crippen LogP contribution in [0.4, 0.5) is 0 Å². The molecular weight excluding hydrogens is 260 g/mol. The molecule has 0 aliphatic carbocycles. The van der Waals surface area contributed by atoms with Crippen molar-refractivity contribution in [3.8, 4) is 0 Å². The monoisotopic (exact) mass is 290 g/mol. The van der Waals surface area contributed by atoms with Crippen molar-refractivity contribution >= 4 is 0 Å². The van der Waals surface area contributed by atoms with Gasteiger partial charge in [0.25, 0.3) is 0 Å². The normalized spacial score (nSPS) is 20.4. The number of rotatable bonds is 8. The van der Waals surface area contributed by atoms with E-state index < -0.39 is 0 Å². The summed E-state index contributed by atoms with van der Waals surface area (Å²) in [4.78, 5) is 4.60. The van der Waals surface area contributed by atoms with Crippen LogP contribution in [0.1, 0.15) is 57.2 Å². The van der Waals surface area contributed by atoms with Gasteiger partial charge in [-0.15, -0.1) is 0 Å². The van der Waals surface area contributed by atoms with Crippen molar-refractivity contribution in [2.24, 2.45) is 0 Å². The molecule has 2 heterocycles. The largest absolute Gasteiger partial charge is 0.378 e. The van der Waals surface area contributed by atoms with Crippen molar-refractivity contribution in [3.63, 3.8) is 0 Å². The third-order valence-electron chi connectivity index (χ3n) is 4.35. The van der Waals surface area contributed by atoms with Gasteiger partial charge in [0, 0.05) is 31.0 Å². The summed E-state index contributed by atoms with van der Waals surface area (Å²) in [7, 11) is 0. The van der Waals surface area contributed by atoms with Gasteiger partial charge in [-0.1, -0.05) is 19.9 Å². The van der Waals surface area contributed by atoms with Gasteiger partial charge in [-0.25, -0.2) is 0 Å². The molecule has 0 saturated carbocycles. The van der Waals surface area contributed by atoms with Crippen molar-refractivity contribution in [3.05, 3.63) is 29.6 Å². The minimum absolute atomic E-state index is 0.482. The third kappa shape index (κ3) is 5.76. The fraction of sp³-hybridized carbons (Fsp3) is 0.722. The Labute approximate surface area is 129 Å². The predicted octanol–water partition coefficient (Wildman–Crippen LogP) is 3.51. The minimum Gasteiger partial charge on any atom is -0.378 e. The van der Waals surface area contributed by atoms with Gasteiger partial charge in [-0.3, -0.25) is 4.98 Å². The number of hydrogen-bond acceptors (Lipinski definition) is 3. The van der Waals surface area contributed by atoms with E-state index in [1.807, 2.05) is 6.20 Å². The molecule has 0 aromatic carbocycles. The van der Waals surface area contributed by atoms with Crippen molar-refractivity contribution in [2.75, 3.05) is 13.2 Å². The SMILES string of the molecule is CCNC(CCC1CCCCO1)Cc1ccc(CC)cn1. The smallest absolute Gasteiger partial charge is 0.0575 e. The lowest BCUT2D eigenvalue weighted by atomic mass is 9.99. The van der Waals surface area contributed by atoms with Crippen molar-refractivity contribution in [1.82, 2.24) is 10.3 Å². The van der Waals surface area contributed by atoms with Gasteiger partial charge < -0.3 is 10.1 Å². The third-order valence-corrected chi connectivity index (χ3v) is 4.35. The van der Waals surface area contributed by atoms with Crippen LogP contribution in [0.15, 0.2) is 18.3 Å². The van der Waals surface area contributed by atoms with Gasteiger partial charge in [0.15, 0.2) is 0 Å². The molecule has 1 aliphatic heterocycles. The zero-order valence-electron chi connectivity index (χ0n) is 13.6. The Morgan fingerprint density at radius 3 is 2.86 bits per heavy atom. The van der Waals surface area contributed by atoms with Crippen LogP contribution in [0.2, 0.25) is 0 Å². The number of nitrogens with one attached hydrogen (secondary N) is 1. The fourth-order valence-corrected chi connectivity index (χ4v) is 3.02. The van der Waals surface area contributed by atoms with Crippen molar-refractivity contribution < 1.29 is 4.74 Å². The molecule has 118 valence electrons.